The third kappa shape index (κ3) is 3.82. The Labute approximate surface area is 125 Å². The van der Waals surface area contributed by atoms with Gasteiger partial charge in [-0.05, 0) is 38.6 Å². The smallest absolute Gasteiger partial charge is 0.305 e. The first-order valence-corrected chi connectivity index (χ1v) is 7.27. The van der Waals surface area contributed by atoms with Crippen LogP contribution in [0.25, 0.3) is 0 Å². The van der Waals surface area contributed by atoms with Crippen LogP contribution in [0.15, 0.2) is 30.3 Å². The Hall–Kier alpha value is -1.88. The van der Waals surface area contributed by atoms with E-state index in [4.69, 9.17) is 0 Å². The molecule has 1 saturated heterocycles. The van der Waals surface area contributed by atoms with Crippen LogP contribution in [0.5, 0.6) is 0 Å². The van der Waals surface area contributed by atoms with Crippen LogP contribution >= 0.6 is 0 Å². The van der Waals surface area contributed by atoms with Crippen molar-refractivity contribution in [3.8, 4) is 0 Å². The van der Waals surface area contributed by atoms with Crippen molar-refractivity contribution in [3.05, 3.63) is 30.3 Å². The predicted octanol–water partition coefficient (Wildman–Crippen LogP) is 1.68. The summed E-state index contributed by atoms with van der Waals surface area (Å²) in [6.07, 6.45) is 1.92. The number of carbonyl (C=O) groups excluding carboxylic acids is 2. The molecule has 1 aromatic rings. The molecular weight excluding hydrogens is 268 g/mol. The predicted molar refractivity (Wildman–Crippen MR) is 81.1 cm³/mol. The summed E-state index contributed by atoms with van der Waals surface area (Å²) in [5.41, 5.74) is 0.952. The number of hydrogen-bond donors (Lipinski definition) is 0. The zero-order valence-electron chi connectivity index (χ0n) is 12.6. The van der Waals surface area contributed by atoms with Gasteiger partial charge < -0.3 is 9.64 Å². The van der Waals surface area contributed by atoms with Gasteiger partial charge in [-0.3, -0.25) is 14.5 Å². The fourth-order valence-electron chi connectivity index (χ4n) is 2.67. The van der Waals surface area contributed by atoms with E-state index in [-0.39, 0.29) is 17.9 Å². The highest BCUT2D eigenvalue weighted by Crippen LogP contribution is 2.23. The first kappa shape index (κ1) is 15.5. The van der Waals surface area contributed by atoms with Gasteiger partial charge in [0.25, 0.3) is 0 Å². The second kappa shape index (κ2) is 7.22. The highest BCUT2D eigenvalue weighted by molar-refractivity contribution is 5.99. The summed E-state index contributed by atoms with van der Waals surface area (Å²) in [5.74, 6) is -0.0613. The maximum absolute atomic E-state index is 12.5. The summed E-state index contributed by atoms with van der Waals surface area (Å²) in [7, 11) is 3.33. The average molecular weight is 290 g/mol. The number of para-hydroxylation sites is 1. The largest absolute Gasteiger partial charge is 0.469 e. The number of benzene rings is 1. The van der Waals surface area contributed by atoms with Gasteiger partial charge in [0.15, 0.2) is 0 Å². The summed E-state index contributed by atoms with van der Waals surface area (Å²) in [5, 5.41) is 0. The number of anilines is 1. The third-order valence-corrected chi connectivity index (χ3v) is 3.90. The minimum absolute atomic E-state index is 0.0946. The first-order valence-electron chi connectivity index (χ1n) is 7.27. The molecule has 0 aliphatic carbocycles. The van der Waals surface area contributed by atoms with E-state index < -0.39 is 0 Å². The molecule has 0 N–H and O–H groups in total. The number of hydrogen-bond acceptors (Lipinski definition) is 4. The van der Waals surface area contributed by atoms with Crippen molar-refractivity contribution in [1.29, 1.82) is 0 Å². The van der Waals surface area contributed by atoms with Crippen LogP contribution in [0.3, 0.4) is 0 Å². The van der Waals surface area contributed by atoms with Crippen LogP contribution in [0.1, 0.15) is 19.3 Å². The van der Waals surface area contributed by atoms with Gasteiger partial charge in [-0.25, -0.2) is 0 Å². The Morgan fingerprint density at radius 1 is 1.38 bits per heavy atom. The molecule has 1 aromatic carbocycles. The van der Waals surface area contributed by atoms with Crippen molar-refractivity contribution < 1.29 is 14.3 Å². The van der Waals surface area contributed by atoms with Gasteiger partial charge in [-0.2, -0.15) is 0 Å². The van der Waals surface area contributed by atoms with Crippen molar-refractivity contribution in [1.82, 2.24) is 4.90 Å². The SMILES string of the molecule is COC(=O)CCCN(C)[C@@H]1CCN(c2ccccc2)C1=O. The Bertz CT molecular complexity index is 490. The summed E-state index contributed by atoms with van der Waals surface area (Å²) < 4.78 is 4.62. The van der Waals surface area contributed by atoms with Gasteiger partial charge in [0.1, 0.15) is 0 Å². The second-order valence-corrected chi connectivity index (χ2v) is 5.29. The molecule has 5 heteroatoms. The van der Waals surface area contributed by atoms with E-state index in [1.807, 2.05) is 47.2 Å². The molecule has 2 rings (SSSR count). The normalized spacial score (nSPS) is 18.3. The zero-order valence-corrected chi connectivity index (χ0v) is 12.6. The lowest BCUT2D eigenvalue weighted by molar-refractivity contribution is -0.140. The van der Waals surface area contributed by atoms with Crippen LogP contribution in [-0.4, -0.2) is 50.1 Å². The van der Waals surface area contributed by atoms with E-state index in [0.29, 0.717) is 19.4 Å². The molecule has 21 heavy (non-hydrogen) atoms. The molecular formula is C16H22N2O3. The van der Waals surface area contributed by atoms with Gasteiger partial charge in [-0.15, -0.1) is 0 Å². The number of rotatable bonds is 6. The summed E-state index contributed by atoms with van der Waals surface area (Å²) >= 11 is 0. The highest BCUT2D eigenvalue weighted by atomic mass is 16.5. The maximum atomic E-state index is 12.5. The van der Waals surface area contributed by atoms with E-state index in [1.54, 1.807) is 0 Å². The Morgan fingerprint density at radius 3 is 2.76 bits per heavy atom. The molecule has 1 atom stereocenters. The summed E-state index contributed by atoms with van der Waals surface area (Å²) in [4.78, 5) is 27.5. The number of esters is 1. The van der Waals surface area contributed by atoms with Crippen LogP contribution < -0.4 is 4.90 Å². The lowest BCUT2D eigenvalue weighted by Crippen LogP contribution is -2.40. The number of likely N-dealkylation sites (N-methyl/N-ethyl adjacent to an activating group) is 1. The van der Waals surface area contributed by atoms with Gasteiger partial charge >= 0.3 is 5.97 Å². The number of nitrogens with zero attached hydrogens (tertiary/aromatic N) is 2. The van der Waals surface area contributed by atoms with Gasteiger partial charge in [0.2, 0.25) is 5.91 Å². The van der Waals surface area contributed by atoms with Crippen LogP contribution in [0.4, 0.5) is 5.69 Å². The summed E-state index contributed by atoms with van der Waals surface area (Å²) in [6, 6.07) is 9.64. The Kier molecular flexibility index (Phi) is 5.33. The van der Waals surface area contributed by atoms with Crippen molar-refractivity contribution >= 4 is 17.6 Å². The maximum Gasteiger partial charge on any atom is 0.305 e. The van der Waals surface area contributed by atoms with Crippen LogP contribution in [0, 0.1) is 0 Å². The minimum atomic E-state index is -0.202. The van der Waals surface area contributed by atoms with E-state index in [0.717, 1.165) is 18.7 Å². The Balaban J connectivity index is 1.88. The molecule has 0 bridgehead atoms. The molecule has 0 spiro atoms. The minimum Gasteiger partial charge on any atom is -0.469 e. The summed E-state index contributed by atoms with van der Waals surface area (Å²) in [6.45, 7) is 1.46. The van der Waals surface area contributed by atoms with Crippen LogP contribution in [0.2, 0.25) is 0 Å². The topological polar surface area (TPSA) is 49.9 Å². The quantitative estimate of drug-likeness (QED) is 0.748. The number of amides is 1. The van der Waals surface area contributed by atoms with Crippen molar-refractivity contribution in [3.63, 3.8) is 0 Å². The number of methoxy groups -OCH3 is 1. The van der Waals surface area contributed by atoms with Gasteiger partial charge in [0, 0.05) is 18.7 Å². The molecule has 1 fully saturated rings. The average Bonchev–Trinajstić information content (AvgIpc) is 2.89. The monoisotopic (exact) mass is 290 g/mol. The zero-order chi connectivity index (χ0) is 15.2. The first-order chi connectivity index (χ1) is 10.1. The molecule has 114 valence electrons. The van der Waals surface area contributed by atoms with E-state index >= 15 is 0 Å². The van der Waals surface area contributed by atoms with Gasteiger partial charge in [-0.1, -0.05) is 18.2 Å². The molecule has 0 unspecified atom stereocenters. The van der Waals surface area contributed by atoms with E-state index in [9.17, 15) is 9.59 Å². The lowest BCUT2D eigenvalue weighted by atomic mass is 10.2. The second-order valence-electron chi connectivity index (χ2n) is 5.29. The van der Waals surface area contributed by atoms with Crippen molar-refractivity contribution in [2.75, 3.05) is 32.1 Å². The number of carbonyl (C=O) groups is 2. The van der Waals surface area contributed by atoms with Crippen molar-refractivity contribution in [2.45, 2.75) is 25.3 Å². The fourth-order valence-corrected chi connectivity index (χ4v) is 2.67. The van der Waals surface area contributed by atoms with E-state index in [1.165, 1.54) is 7.11 Å². The standard InChI is InChI=1S/C16H22N2O3/c1-17(11-6-9-15(19)21-2)14-10-12-18(16(14)20)13-7-4-3-5-8-13/h3-5,7-8,14H,6,9-12H2,1-2H3/t14-/m1/s1. The third-order valence-electron chi connectivity index (χ3n) is 3.90. The highest BCUT2D eigenvalue weighted by Gasteiger charge is 2.34. The lowest BCUT2D eigenvalue weighted by Gasteiger charge is -2.23. The molecule has 0 radical (unpaired) electrons. The molecule has 0 aromatic heterocycles. The Morgan fingerprint density at radius 2 is 2.10 bits per heavy atom. The van der Waals surface area contributed by atoms with Crippen LogP contribution in [-0.2, 0) is 14.3 Å². The fraction of sp³-hybridized carbons (Fsp3) is 0.500. The molecule has 1 amide bonds. The van der Waals surface area contributed by atoms with Gasteiger partial charge in [0.05, 0.1) is 13.2 Å². The van der Waals surface area contributed by atoms with E-state index in [2.05, 4.69) is 4.74 Å². The molecule has 1 aliphatic rings. The molecule has 5 nitrogen and oxygen atoms in total. The molecule has 1 aliphatic heterocycles. The van der Waals surface area contributed by atoms with Crippen molar-refractivity contribution in [2.24, 2.45) is 0 Å². The number of ether oxygens (including phenoxy) is 1. The molecule has 0 saturated carbocycles. The molecule has 1 heterocycles.